The zero-order valence-electron chi connectivity index (χ0n) is 16.9. The van der Waals surface area contributed by atoms with Crippen molar-refractivity contribution in [2.45, 2.75) is 45.3 Å². The molecule has 2 heterocycles. The molecule has 1 aliphatic heterocycles. The highest BCUT2D eigenvalue weighted by Gasteiger charge is 2.28. The summed E-state index contributed by atoms with van der Waals surface area (Å²) < 4.78 is 19.5. The van der Waals surface area contributed by atoms with Crippen LogP contribution in [0.2, 0.25) is 0 Å². The minimum Gasteiger partial charge on any atom is -0.497 e. The highest BCUT2D eigenvalue weighted by molar-refractivity contribution is 7.09. The third kappa shape index (κ3) is 5.29. The maximum absolute atomic E-state index is 14.4. The lowest BCUT2D eigenvalue weighted by molar-refractivity contribution is 0.0492. The van der Waals surface area contributed by atoms with Gasteiger partial charge in [-0.2, -0.15) is 0 Å². The van der Waals surface area contributed by atoms with Gasteiger partial charge in [0.05, 0.1) is 19.3 Å². The van der Waals surface area contributed by atoms with Crippen molar-refractivity contribution in [3.8, 4) is 5.75 Å². The van der Waals surface area contributed by atoms with Crippen LogP contribution >= 0.6 is 11.3 Å². The van der Waals surface area contributed by atoms with E-state index in [9.17, 15) is 9.50 Å². The van der Waals surface area contributed by atoms with E-state index in [0.29, 0.717) is 30.2 Å². The van der Waals surface area contributed by atoms with Gasteiger partial charge in [0.2, 0.25) is 0 Å². The SMILES string of the molecule is COc1ccc(CN2CCN(Cc3nc(C(C)C)cs3)C[C@H]2CCO)c(F)c1. The zero-order valence-corrected chi connectivity index (χ0v) is 17.7. The highest BCUT2D eigenvalue weighted by Crippen LogP contribution is 2.23. The molecular weight excluding hydrogens is 377 g/mol. The summed E-state index contributed by atoms with van der Waals surface area (Å²) in [4.78, 5) is 9.41. The first-order valence-corrected chi connectivity index (χ1v) is 10.7. The van der Waals surface area contributed by atoms with Crippen LogP contribution in [0.15, 0.2) is 23.6 Å². The molecule has 1 aromatic heterocycles. The van der Waals surface area contributed by atoms with Crippen LogP contribution in [0.5, 0.6) is 5.75 Å². The lowest BCUT2D eigenvalue weighted by Crippen LogP contribution is -2.52. The molecule has 0 aliphatic carbocycles. The molecule has 154 valence electrons. The number of thiazole rings is 1. The molecule has 1 fully saturated rings. The second-order valence-corrected chi connectivity index (χ2v) is 8.59. The summed E-state index contributed by atoms with van der Waals surface area (Å²) in [7, 11) is 1.54. The molecule has 0 radical (unpaired) electrons. The average Bonchev–Trinajstić information content (AvgIpc) is 3.14. The number of rotatable bonds is 8. The Bertz CT molecular complexity index is 768. The molecule has 1 N–H and O–H groups in total. The van der Waals surface area contributed by atoms with Crippen LogP contribution in [0.3, 0.4) is 0 Å². The first-order valence-electron chi connectivity index (χ1n) is 9.84. The topological polar surface area (TPSA) is 48.8 Å². The number of hydrogen-bond acceptors (Lipinski definition) is 6. The Kier molecular flexibility index (Phi) is 7.40. The van der Waals surface area contributed by atoms with Crippen LogP contribution in [-0.4, -0.2) is 59.3 Å². The van der Waals surface area contributed by atoms with E-state index in [4.69, 9.17) is 9.72 Å². The maximum atomic E-state index is 14.4. The van der Waals surface area contributed by atoms with Crippen molar-refractivity contribution in [3.05, 3.63) is 45.7 Å². The third-order valence-electron chi connectivity index (χ3n) is 5.30. The zero-order chi connectivity index (χ0) is 20.1. The number of hydrogen-bond donors (Lipinski definition) is 1. The molecule has 2 aromatic rings. The Balaban J connectivity index is 1.63. The summed E-state index contributed by atoms with van der Waals surface area (Å²) in [6.07, 6.45) is 0.684. The molecule has 1 saturated heterocycles. The Morgan fingerprint density at radius 2 is 2.14 bits per heavy atom. The fourth-order valence-corrected chi connectivity index (χ4v) is 4.58. The van der Waals surface area contributed by atoms with Crippen LogP contribution in [0.25, 0.3) is 0 Å². The molecule has 1 aromatic carbocycles. The lowest BCUT2D eigenvalue weighted by Gasteiger charge is -2.41. The van der Waals surface area contributed by atoms with Gasteiger partial charge in [0, 0.05) is 55.8 Å². The second kappa shape index (κ2) is 9.78. The van der Waals surface area contributed by atoms with E-state index in [1.165, 1.54) is 13.2 Å². The predicted octanol–water partition coefficient (Wildman–Crippen LogP) is 3.48. The summed E-state index contributed by atoms with van der Waals surface area (Å²) in [6, 6.07) is 5.22. The van der Waals surface area contributed by atoms with Gasteiger partial charge in [-0.15, -0.1) is 11.3 Å². The lowest BCUT2D eigenvalue weighted by atomic mass is 10.1. The molecule has 1 atom stereocenters. The summed E-state index contributed by atoms with van der Waals surface area (Å²) in [6.45, 7) is 8.45. The van der Waals surface area contributed by atoms with Crippen molar-refractivity contribution in [3.63, 3.8) is 0 Å². The van der Waals surface area contributed by atoms with Crippen LogP contribution in [0, 0.1) is 5.82 Å². The number of ether oxygens (including phenoxy) is 1. The number of piperazine rings is 1. The van der Waals surface area contributed by atoms with Crippen LogP contribution < -0.4 is 4.74 Å². The molecule has 0 unspecified atom stereocenters. The van der Waals surface area contributed by atoms with Gasteiger partial charge in [-0.3, -0.25) is 9.80 Å². The van der Waals surface area contributed by atoms with Gasteiger partial charge in [0.1, 0.15) is 16.6 Å². The van der Waals surface area contributed by atoms with E-state index in [-0.39, 0.29) is 18.5 Å². The van der Waals surface area contributed by atoms with E-state index in [1.54, 1.807) is 23.5 Å². The van der Waals surface area contributed by atoms with E-state index in [0.717, 1.165) is 36.9 Å². The summed E-state index contributed by atoms with van der Waals surface area (Å²) >= 11 is 1.72. The molecule has 1 aliphatic rings. The van der Waals surface area contributed by atoms with Gasteiger partial charge in [0.15, 0.2) is 0 Å². The van der Waals surface area contributed by atoms with E-state index in [2.05, 4.69) is 29.0 Å². The smallest absolute Gasteiger partial charge is 0.131 e. The van der Waals surface area contributed by atoms with Gasteiger partial charge in [0.25, 0.3) is 0 Å². The van der Waals surface area contributed by atoms with Gasteiger partial charge in [-0.1, -0.05) is 19.9 Å². The number of benzene rings is 1. The standard InChI is InChI=1S/C21H30FN3O2S/c1-15(2)20-14-28-21(23-20)13-24-7-8-25(17(12-24)6-9-26)11-16-4-5-18(27-3)10-19(16)22/h4-5,10,14-15,17,26H,6-9,11-13H2,1-3H3/t17-/m1/s1. The van der Waals surface area contributed by atoms with Crippen molar-refractivity contribution < 1.29 is 14.2 Å². The maximum Gasteiger partial charge on any atom is 0.131 e. The van der Waals surface area contributed by atoms with Crippen molar-refractivity contribution in [2.75, 3.05) is 33.4 Å². The largest absolute Gasteiger partial charge is 0.497 e. The van der Waals surface area contributed by atoms with Gasteiger partial charge in [-0.05, 0) is 18.4 Å². The Hall–Kier alpha value is -1.54. The molecule has 28 heavy (non-hydrogen) atoms. The first-order chi connectivity index (χ1) is 13.5. The average molecular weight is 408 g/mol. The van der Waals surface area contributed by atoms with Crippen molar-refractivity contribution in [1.82, 2.24) is 14.8 Å². The molecule has 3 rings (SSSR count). The van der Waals surface area contributed by atoms with Gasteiger partial charge >= 0.3 is 0 Å². The summed E-state index contributed by atoms with van der Waals surface area (Å²) in [5.74, 6) is 0.735. The first kappa shape index (κ1) is 21.2. The van der Waals surface area contributed by atoms with Crippen LogP contribution in [0.1, 0.15) is 42.5 Å². The summed E-state index contributed by atoms with van der Waals surface area (Å²) in [5, 5.41) is 12.8. The number of aromatic nitrogens is 1. The quantitative estimate of drug-likeness (QED) is 0.726. The Labute approximate surface area is 170 Å². The van der Waals surface area contributed by atoms with Crippen LogP contribution in [0.4, 0.5) is 4.39 Å². The summed E-state index contributed by atoms with van der Waals surface area (Å²) in [5.41, 5.74) is 1.82. The highest BCUT2D eigenvalue weighted by atomic mass is 32.1. The minimum atomic E-state index is -0.242. The molecule has 5 nitrogen and oxygen atoms in total. The molecule has 0 bridgehead atoms. The fourth-order valence-electron chi connectivity index (χ4n) is 3.59. The molecular formula is C21H30FN3O2S. The normalized spacial score (nSPS) is 18.7. The predicted molar refractivity (Wildman–Crippen MR) is 110 cm³/mol. The Morgan fingerprint density at radius 3 is 2.79 bits per heavy atom. The second-order valence-electron chi connectivity index (χ2n) is 7.65. The number of methoxy groups -OCH3 is 1. The number of aliphatic hydroxyl groups excluding tert-OH is 1. The Morgan fingerprint density at radius 1 is 1.32 bits per heavy atom. The van der Waals surface area contributed by atoms with Crippen molar-refractivity contribution >= 4 is 11.3 Å². The van der Waals surface area contributed by atoms with E-state index >= 15 is 0 Å². The van der Waals surface area contributed by atoms with Crippen molar-refractivity contribution in [1.29, 1.82) is 0 Å². The molecule has 0 amide bonds. The monoisotopic (exact) mass is 407 g/mol. The van der Waals surface area contributed by atoms with E-state index in [1.807, 2.05) is 0 Å². The molecule has 7 heteroatoms. The van der Waals surface area contributed by atoms with Gasteiger partial charge in [-0.25, -0.2) is 9.37 Å². The molecule has 0 spiro atoms. The minimum absolute atomic E-state index is 0.134. The van der Waals surface area contributed by atoms with Crippen LogP contribution in [-0.2, 0) is 13.1 Å². The fraction of sp³-hybridized carbons (Fsp3) is 0.571. The molecule has 0 saturated carbocycles. The third-order valence-corrected chi connectivity index (χ3v) is 6.16. The van der Waals surface area contributed by atoms with Gasteiger partial charge < -0.3 is 9.84 Å². The number of aliphatic hydroxyl groups is 1. The number of nitrogens with zero attached hydrogens (tertiary/aromatic N) is 3. The number of halogens is 1. The van der Waals surface area contributed by atoms with E-state index < -0.39 is 0 Å². The van der Waals surface area contributed by atoms with Crippen molar-refractivity contribution in [2.24, 2.45) is 0 Å².